The van der Waals surface area contributed by atoms with Gasteiger partial charge in [0, 0.05) is 17.6 Å². The lowest BCUT2D eigenvalue weighted by molar-refractivity contribution is -0.120. The van der Waals surface area contributed by atoms with Gasteiger partial charge in [0.1, 0.15) is 5.75 Å². The van der Waals surface area contributed by atoms with Crippen LogP contribution in [0.25, 0.3) is 0 Å². The van der Waals surface area contributed by atoms with Crippen LogP contribution in [0.3, 0.4) is 0 Å². The molecule has 2 rings (SSSR count). The number of nitrogens with two attached hydrogens (primary N) is 1. The van der Waals surface area contributed by atoms with Gasteiger partial charge in [0.15, 0.2) is 0 Å². The van der Waals surface area contributed by atoms with Gasteiger partial charge in [-0.1, -0.05) is 0 Å². The SMILES string of the molecule is Cc1ccnc(Oc2ccc(NC(=O)C(C)(C)N)cc2)n1. The van der Waals surface area contributed by atoms with Gasteiger partial charge in [-0.15, -0.1) is 0 Å². The quantitative estimate of drug-likeness (QED) is 0.899. The molecule has 0 radical (unpaired) electrons. The zero-order valence-electron chi connectivity index (χ0n) is 12.3. The highest BCUT2D eigenvalue weighted by molar-refractivity contribution is 5.97. The predicted octanol–water partition coefficient (Wildman–Crippen LogP) is 2.25. The van der Waals surface area contributed by atoms with Crippen molar-refractivity contribution in [2.45, 2.75) is 26.3 Å². The van der Waals surface area contributed by atoms with Gasteiger partial charge in [0.05, 0.1) is 5.54 Å². The van der Waals surface area contributed by atoms with Gasteiger partial charge < -0.3 is 15.8 Å². The van der Waals surface area contributed by atoms with Crippen molar-refractivity contribution in [2.24, 2.45) is 5.73 Å². The third-order valence-corrected chi connectivity index (χ3v) is 2.68. The van der Waals surface area contributed by atoms with E-state index in [1.54, 1.807) is 50.4 Å². The van der Waals surface area contributed by atoms with Crippen LogP contribution in [0.15, 0.2) is 36.5 Å². The van der Waals surface area contributed by atoms with Gasteiger partial charge in [-0.3, -0.25) is 4.79 Å². The summed E-state index contributed by atoms with van der Waals surface area (Å²) >= 11 is 0. The van der Waals surface area contributed by atoms with Crippen molar-refractivity contribution in [3.63, 3.8) is 0 Å². The Hall–Kier alpha value is -2.47. The Morgan fingerprint density at radius 1 is 1.24 bits per heavy atom. The molecule has 1 aromatic carbocycles. The minimum absolute atomic E-state index is 0.252. The number of rotatable bonds is 4. The van der Waals surface area contributed by atoms with E-state index >= 15 is 0 Å². The Morgan fingerprint density at radius 3 is 2.48 bits per heavy atom. The van der Waals surface area contributed by atoms with Crippen molar-refractivity contribution in [1.29, 1.82) is 0 Å². The first-order valence-corrected chi connectivity index (χ1v) is 6.52. The van der Waals surface area contributed by atoms with Crippen LogP contribution < -0.4 is 15.8 Å². The van der Waals surface area contributed by atoms with Crippen LogP contribution in [-0.2, 0) is 4.79 Å². The number of anilines is 1. The van der Waals surface area contributed by atoms with Crippen molar-refractivity contribution in [2.75, 3.05) is 5.32 Å². The van der Waals surface area contributed by atoms with Crippen LogP contribution in [0, 0.1) is 6.92 Å². The summed E-state index contributed by atoms with van der Waals surface area (Å²) in [5, 5.41) is 2.73. The van der Waals surface area contributed by atoms with Crippen molar-refractivity contribution in [3.8, 4) is 11.8 Å². The third kappa shape index (κ3) is 4.25. The third-order valence-electron chi connectivity index (χ3n) is 2.68. The van der Waals surface area contributed by atoms with E-state index in [4.69, 9.17) is 10.5 Å². The molecule has 0 aliphatic carbocycles. The Kier molecular flexibility index (Phi) is 4.18. The summed E-state index contributed by atoms with van der Waals surface area (Å²) in [6.07, 6.45) is 1.63. The Morgan fingerprint density at radius 2 is 1.90 bits per heavy atom. The van der Waals surface area contributed by atoms with Gasteiger partial charge in [-0.05, 0) is 51.1 Å². The molecule has 1 amide bonds. The molecule has 3 N–H and O–H groups in total. The van der Waals surface area contributed by atoms with E-state index in [0.29, 0.717) is 11.4 Å². The summed E-state index contributed by atoms with van der Waals surface area (Å²) in [5.74, 6) is 0.337. The van der Waals surface area contributed by atoms with Gasteiger partial charge in [-0.2, -0.15) is 0 Å². The molecule has 6 nitrogen and oxygen atoms in total. The van der Waals surface area contributed by atoms with Crippen molar-refractivity contribution < 1.29 is 9.53 Å². The first-order valence-electron chi connectivity index (χ1n) is 6.52. The molecule has 0 saturated heterocycles. The molecule has 1 aromatic heterocycles. The molecule has 0 aliphatic heterocycles. The highest BCUT2D eigenvalue weighted by atomic mass is 16.5. The lowest BCUT2D eigenvalue weighted by Crippen LogP contribution is -2.45. The molecular weight excluding hydrogens is 268 g/mol. The maximum Gasteiger partial charge on any atom is 0.322 e. The molecule has 110 valence electrons. The second-order valence-corrected chi connectivity index (χ2v) is 5.28. The minimum atomic E-state index is -0.926. The highest BCUT2D eigenvalue weighted by Crippen LogP contribution is 2.20. The molecule has 0 aliphatic rings. The van der Waals surface area contributed by atoms with Crippen molar-refractivity contribution in [3.05, 3.63) is 42.2 Å². The Labute approximate surface area is 123 Å². The molecule has 6 heteroatoms. The zero-order valence-corrected chi connectivity index (χ0v) is 12.3. The van der Waals surface area contributed by atoms with Gasteiger partial charge in [0.2, 0.25) is 5.91 Å². The number of amides is 1. The number of nitrogens with one attached hydrogen (secondary N) is 1. The number of aryl methyl sites for hydroxylation is 1. The summed E-state index contributed by atoms with van der Waals surface area (Å²) in [6.45, 7) is 5.16. The van der Waals surface area contributed by atoms with Gasteiger partial charge in [0.25, 0.3) is 0 Å². The van der Waals surface area contributed by atoms with Crippen molar-refractivity contribution in [1.82, 2.24) is 9.97 Å². The first kappa shape index (κ1) is 14.9. The second-order valence-electron chi connectivity index (χ2n) is 5.28. The summed E-state index contributed by atoms with van der Waals surface area (Å²) in [5.41, 5.74) is 6.27. The number of aromatic nitrogens is 2. The zero-order chi connectivity index (χ0) is 15.5. The minimum Gasteiger partial charge on any atom is -0.424 e. The fourth-order valence-electron chi connectivity index (χ4n) is 1.48. The molecule has 0 spiro atoms. The van der Waals surface area contributed by atoms with E-state index in [0.717, 1.165) is 5.69 Å². The van der Waals surface area contributed by atoms with Crippen molar-refractivity contribution >= 4 is 11.6 Å². The van der Waals surface area contributed by atoms with Gasteiger partial charge in [-0.25, -0.2) is 9.97 Å². The van der Waals surface area contributed by atoms with Gasteiger partial charge >= 0.3 is 6.01 Å². The number of hydrogen-bond donors (Lipinski definition) is 2. The largest absolute Gasteiger partial charge is 0.424 e. The maximum atomic E-state index is 11.8. The lowest BCUT2D eigenvalue weighted by atomic mass is 10.1. The number of carbonyl (C=O) groups excluding carboxylic acids is 1. The van der Waals surface area contributed by atoms with E-state index < -0.39 is 5.54 Å². The summed E-state index contributed by atoms with van der Waals surface area (Å²) in [6, 6.07) is 8.99. The number of hydrogen-bond acceptors (Lipinski definition) is 5. The number of nitrogens with zero attached hydrogens (tertiary/aromatic N) is 2. The standard InChI is InChI=1S/C15H18N4O2/c1-10-8-9-17-14(18-10)21-12-6-4-11(5-7-12)19-13(20)15(2,3)16/h4-9H,16H2,1-3H3,(H,19,20). The second kappa shape index (κ2) is 5.88. The van der Waals surface area contributed by atoms with E-state index in [9.17, 15) is 4.79 Å². The Balaban J connectivity index is 2.04. The monoisotopic (exact) mass is 286 g/mol. The lowest BCUT2D eigenvalue weighted by Gasteiger charge is -2.17. The first-order chi connectivity index (χ1) is 9.84. The number of benzene rings is 1. The van der Waals surface area contributed by atoms with Crippen LogP contribution in [0.2, 0.25) is 0 Å². The molecule has 1 heterocycles. The normalized spacial score (nSPS) is 11.0. The molecule has 21 heavy (non-hydrogen) atoms. The summed E-state index contributed by atoms with van der Waals surface area (Å²) in [4.78, 5) is 19.9. The molecule has 0 fully saturated rings. The molecule has 0 saturated carbocycles. The number of ether oxygens (including phenoxy) is 1. The average molecular weight is 286 g/mol. The summed E-state index contributed by atoms with van der Waals surface area (Å²) < 4.78 is 5.53. The number of carbonyl (C=O) groups is 1. The van der Waals surface area contributed by atoms with E-state index in [1.807, 2.05) is 6.92 Å². The van der Waals surface area contributed by atoms with E-state index in [2.05, 4.69) is 15.3 Å². The topological polar surface area (TPSA) is 90.1 Å². The molecule has 0 unspecified atom stereocenters. The molecule has 0 atom stereocenters. The fourth-order valence-corrected chi connectivity index (χ4v) is 1.48. The fraction of sp³-hybridized carbons (Fsp3) is 0.267. The van der Waals surface area contributed by atoms with Crippen LogP contribution >= 0.6 is 0 Å². The molecule has 2 aromatic rings. The van der Waals surface area contributed by atoms with Crippen LogP contribution in [-0.4, -0.2) is 21.4 Å². The maximum absolute atomic E-state index is 11.8. The van der Waals surface area contributed by atoms with Crippen LogP contribution in [0.5, 0.6) is 11.8 Å². The van der Waals surface area contributed by atoms with E-state index in [-0.39, 0.29) is 11.9 Å². The average Bonchev–Trinajstić information content (AvgIpc) is 2.40. The predicted molar refractivity (Wildman–Crippen MR) is 80.2 cm³/mol. The molecule has 0 bridgehead atoms. The summed E-state index contributed by atoms with van der Waals surface area (Å²) in [7, 11) is 0. The molecular formula is C15H18N4O2. The van der Waals surface area contributed by atoms with Crippen LogP contribution in [0.1, 0.15) is 19.5 Å². The van der Waals surface area contributed by atoms with Crippen LogP contribution in [0.4, 0.5) is 5.69 Å². The van der Waals surface area contributed by atoms with E-state index in [1.165, 1.54) is 0 Å². The Bertz CT molecular complexity index is 633. The smallest absolute Gasteiger partial charge is 0.322 e. The highest BCUT2D eigenvalue weighted by Gasteiger charge is 2.21.